The number of hydrogen-bond donors (Lipinski definition) is 2. The van der Waals surface area contributed by atoms with E-state index in [1.54, 1.807) is 0 Å². The van der Waals surface area contributed by atoms with Crippen molar-refractivity contribution >= 4 is 5.91 Å². The Labute approximate surface area is 105 Å². The lowest BCUT2D eigenvalue weighted by Gasteiger charge is -2.31. The van der Waals surface area contributed by atoms with Crippen molar-refractivity contribution in [3.8, 4) is 0 Å². The van der Waals surface area contributed by atoms with Gasteiger partial charge in [0.1, 0.15) is 0 Å². The molecule has 2 fully saturated rings. The molecule has 1 amide bonds. The Morgan fingerprint density at radius 1 is 1.35 bits per heavy atom. The third-order valence-corrected chi connectivity index (χ3v) is 4.80. The van der Waals surface area contributed by atoms with Crippen molar-refractivity contribution in [2.24, 2.45) is 17.1 Å². The summed E-state index contributed by atoms with van der Waals surface area (Å²) in [5, 5.41) is 3.23. The summed E-state index contributed by atoms with van der Waals surface area (Å²) >= 11 is 0. The van der Waals surface area contributed by atoms with E-state index in [0.29, 0.717) is 12.5 Å². The smallest absolute Gasteiger partial charge is 0.226 e. The maximum absolute atomic E-state index is 12.2. The molecule has 0 bridgehead atoms. The minimum absolute atomic E-state index is 0.0257. The molecular formula is C14H26N2O. The first-order valence-electron chi connectivity index (χ1n) is 7.23. The summed E-state index contributed by atoms with van der Waals surface area (Å²) in [6, 6.07) is 0.215. The van der Waals surface area contributed by atoms with Crippen LogP contribution in [-0.4, -0.2) is 18.5 Å². The van der Waals surface area contributed by atoms with Gasteiger partial charge in [0.25, 0.3) is 0 Å². The predicted molar refractivity (Wildman–Crippen MR) is 69.5 cm³/mol. The summed E-state index contributed by atoms with van der Waals surface area (Å²) in [6.07, 6.45) is 9.53. The van der Waals surface area contributed by atoms with Crippen LogP contribution in [0.4, 0.5) is 0 Å². The van der Waals surface area contributed by atoms with Crippen LogP contribution in [0.5, 0.6) is 0 Å². The molecule has 0 aromatic carbocycles. The van der Waals surface area contributed by atoms with Gasteiger partial charge in [-0.3, -0.25) is 4.79 Å². The third kappa shape index (κ3) is 2.82. The summed E-state index contributed by atoms with van der Waals surface area (Å²) in [5.41, 5.74) is 5.82. The minimum atomic E-state index is -0.0257. The Morgan fingerprint density at radius 3 is 2.47 bits per heavy atom. The summed E-state index contributed by atoms with van der Waals surface area (Å²) in [4.78, 5) is 12.2. The number of carbonyl (C=O) groups is 1. The maximum atomic E-state index is 12.2. The summed E-state index contributed by atoms with van der Waals surface area (Å²) in [6.45, 7) is 2.71. The molecule has 3 nitrogen and oxygen atoms in total. The van der Waals surface area contributed by atoms with Gasteiger partial charge in [-0.2, -0.15) is 0 Å². The Bertz CT molecular complexity index is 267. The highest BCUT2D eigenvalue weighted by molar-refractivity contribution is 5.85. The molecule has 3 N–H and O–H groups in total. The second-order valence-corrected chi connectivity index (χ2v) is 5.85. The van der Waals surface area contributed by atoms with Crippen LogP contribution in [0.15, 0.2) is 0 Å². The molecule has 0 aromatic heterocycles. The van der Waals surface area contributed by atoms with Gasteiger partial charge in [-0.1, -0.05) is 26.2 Å². The molecule has 2 saturated carbocycles. The molecule has 0 saturated heterocycles. The quantitative estimate of drug-likeness (QED) is 0.771. The zero-order chi connectivity index (χ0) is 12.3. The average Bonchev–Trinajstić information content (AvgIpc) is 3.17. The van der Waals surface area contributed by atoms with E-state index < -0.39 is 0 Å². The molecule has 0 radical (unpaired) electrons. The normalized spacial score (nSPS) is 25.3. The lowest BCUT2D eigenvalue weighted by atomic mass is 9.83. The van der Waals surface area contributed by atoms with Gasteiger partial charge in [0.2, 0.25) is 5.91 Å². The van der Waals surface area contributed by atoms with Gasteiger partial charge in [-0.25, -0.2) is 0 Å². The van der Waals surface area contributed by atoms with Crippen molar-refractivity contribution in [3.63, 3.8) is 0 Å². The Morgan fingerprint density at radius 2 is 2.00 bits per heavy atom. The first-order valence-corrected chi connectivity index (χ1v) is 7.23. The maximum Gasteiger partial charge on any atom is 0.226 e. The largest absolute Gasteiger partial charge is 0.351 e. The highest BCUT2D eigenvalue weighted by Gasteiger charge is 2.48. The monoisotopic (exact) mass is 238 g/mol. The van der Waals surface area contributed by atoms with E-state index in [0.717, 1.165) is 19.3 Å². The molecule has 0 heterocycles. The van der Waals surface area contributed by atoms with Crippen LogP contribution in [0.25, 0.3) is 0 Å². The van der Waals surface area contributed by atoms with Gasteiger partial charge >= 0.3 is 0 Å². The Balaban J connectivity index is 1.88. The van der Waals surface area contributed by atoms with E-state index >= 15 is 0 Å². The van der Waals surface area contributed by atoms with Gasteiger partial charge < -0.3 is 11.1 Å². The van der Waals surface area contributed by atoms with Crippen LogP contribution in [0.2, 0.25) is 0 Å². The van der Waals surface area contributed by atoms with Crippen LogP contribution >= 0.6 is 0 Å². The SMILES string of the molecule is CCC1(C(=O)NC(CN)C2CCCCC2)CC1. The summed E-state index contributed by atoms with van der Waals surface area (Å²) < 4.78 is 0. The van der Waals surface area contributed by atoms with Gasteiger partial charge in [0.15, 0.2) is 0 Å². The van der Waals surface area contributed by atoms with E-state index in [-0.39, 0.29) is 17.4 Å². The predicted octanol–water partition coefficient (Wildman–Crippen LogP) is 2.20. The molecule has 2 rings (SSSR count). The molecule has 0 aromatic rings. The zero-order valence-electron chi connectivity index (χ0n) is 11.0. The van der Waals surface area contributed by atoms with Crippen molar-refractivity contribution in [2.75, 3.05) is 6.54 Å². The lowest BCUT2D eigenvalue weighted by molar-refractivity contribution is -0.127. The Hall–Kier alpha value is -0.570. The van der Waals surface area contributed by atoms with Crippen molar-refractivity contribution in [1.29, 1.82) is 0 Å². The molecule has 0 spiro atoms. The minimum Gasteiger partial charge on any atom is -0.351 e. The van der Waals surface area contributed by atoms with Crippen molar-refractivity contribution < 1.29 is 4.79 Å². The molecule has 17 heavy (non-hydrogen) atoms. The first-order chi connectivity index (χ1) is 8.22. The first kappa shape index (κ1) is 12.9. The number of carbonyl (C=O) groups excluding carboxylic acids is 1. The number of amides is 1. The van der Waals surface area contributed by atoms with Crippen LogP contribution in [0, 0.1) is 11.3 Å². The number of nitrogens with one attached hydrogen (secondary N) is 1. The molecule has 0 aliphatic heterocycles. The van der Waals surface area contributed by atoms with Crippen LogP contribution in [0.1, 0.15) is 58.3 Å². The lowest BCUT2D eigenvalue weighted by Crippen LogP contribution is -2.48. The summed E-state index contributed by atoms with van der Waals surface area (Å²) in [5.74, 6) is 0.881. The highest BCUT2D eigenvalue weighted by Crippen LogP contribution is 2.48. The molecular weight excluding hydrogens is 212 g/mol. The van der Waals surface area contributed by atoms with E-state index in [2.05, 4.69) is 12.2 Å². The topological polar surface area (TPSA) is 55.1 Å². The van der Waals surface area contributed by atoms with Gasteiger partial charge in [-0.05, 0) is 38.0 Å². The fourth-order valence-corrected chi connectivity index (χ4v) is 3.12. The third-order valence-electron chi connectivity index (χ3n) is 4.80. The molecule has 1 atom stereocenters. The van der Waals surface area contributed by atoms with Crippen LogP contribution in [0.3, 0.4) is 0 Å². The van der Waals surface area contributed by atoms with Gasteiger partial charge in [0, 0.05) is 18.0 Å². The van der Waals surface area contributed by atoms with E-state index in [4.69, 9.17) is 5.73 Å². The van der Waals surface area contributed by atoms with E-state index in [1.807, 2.05) is 0 Å². The Kier molecular flexibility index (Phi) is 4.08. The van der Waals surface area contributed by atoms with Crippen molar-refractivity contribution in [3.05, 3.63) is 0 Å². The fourth-order valence-electron chi connectivity index (χ4n) is 3.12. The second-order valence-electron chi connectivity index (χ2n) is 5.85. The van der Waals surface area contributed by atoms with E-state index in [9.17, 15) is 4.79 Å². The van der Waals surface area contributed by atoms with Gasteiger partial charge in [-0.15, -0.1) is 0 Å². The summed E-state index contributed by atoms with van der Waals surface area (Å²) in [7, 11) is 0. The van der Waals surface area contributed by atoms with Crippen LogP contribution < -0.4 is 11.1 Å². The standard InChI is InChI=1S/C14H26N2O/c1-2-14(8-9-14)13(17)16-12(10-15)11-6-4-3-5-7-11/h11-12H,2-10,15H2,1H3,(H,16,17). The van der Waals surface area contributed by atoms with Gasteiger partial charge in [0.05, 0.1) is 0 Å². The molecule has 1 unspecified atom stereocenters. The second kappa shape index (κ2) is 5.38. The average molecular weight is 238 g/mol. The zero-order valence-corrected chi connectivity index (χ0v) is 11.0. The van der Waals surface area contributed by atoms with Crippen LogP contribution in [-0.2, 0) is 4.79 Å². The molecule has 98 valence electrons. The molecule has 3 heteroatoms. The fraction of sp³-hybridized carbons (Fsp3) is 0.929. The number of nitrogens with two attached hydrogens (primary N) is 1. The van der Waals surface area contributed by atoms with Crippen molar-refractivity contribution in [2.45, 2.75) is 64.3 Å². The highest BCUT2D eigenvalue weighted by atomic mass is 16.2. The molecule has 2 aliphatic rings. The number of rotatable bonds is 5. The van der Waals surface area contributed by atoms with E-state index in [1.165, 1.54) is 32.1 Å². The number of hydrogen-bond acceptors (Lipinski definition) is 2. The van der Waals surface area contributed by atoms with Crippen molar-refractivity contribution in [1.82, 2.24) is 5.32 Å². The molecule has 2 aliphatic carbocycles.